The van der Waals surface area contributed by atoms with Gasteiger partial charge in [-0.05, 0) is 25.5 Å². The summed E-state index contributed by atoms with van der Waals surface area (Å²) in [5, 5.41) is 9.44. The van der Waals surface area contributed by atoms with Gasteiger partial charge < -0.3 is 34.7 Å². The standard InChI is InChI=1S/C22H31N5O4/c1-4-23-22(25-14-21(28)24-13-18-6-5-9-31-18)26-16-7-8-27(15-16)17-10-19(29-2)12-20(11-17)30-3/h5-6,9-12,16H,4,7-8,13-15H2,1-3H3,(H,24,28)(H2,23,25,26). The zero-order valence-electron chi connectivity index (χ0n) is 18.3. The number of methoxy groups -OCH3 is 2. The molecule has 0 radical (unpaired) electrons. The monoisotopic (exact) mass is 429 g/mol. The van der Waals surface area contributed by atoms with Gasteiger partial charge >= 0.3 is 0 Å². The first kappa shape index (κ1) is 22.3. The van der Waals surface area contributed by atoms with E-state index in [4.69, 9.17) is 13.9 Å². The van der Waals surface area contributed by atoms with Crippen LogP contribution in [0, 0.1) is 0 Å². The quantitative estimate of drug-likeness (QED) is 0.412. The topological polar surface area (TPSA) is 100 Å². The summed E-state index contributed by atoms with van der Waals surface area (Å²) in [4.78, 5) is 18.8. The molecule has 9 nitrogen and oxygen atoms in total. The molecule has 1 aromatic carbocycles. The molecule has 2 aromatic rings. The van der Waals surface area contributed by atoms with E-state index >= 15 is 0 Å². The van der Waals surface area contributed by atoms with Crippen molar-refractivity contribution in [2.45, 2.75) is 25.9 Å². The molecule has 1 aliphatic heterocycles. The van der Waals surface area contributed by atoms with E-state index in [0.29, 0.717) is 24.8 Å². The maximum Gasteiger partial charge on any atom is 0.242 e. The fraction of sp³-hybridized carbons (Fsp3) is 0.455. The van der Waals surface area contributed by atoms with Gasteiger partial charge in [0.05, 0.1) is 27.0 Å². The molecular formula is C22H31N5O4. The molecule has 3 N–H and O–H groups in total. The number of ether oxygens (including phenoxy) is 2. The summed E-state index contributed by atoms with van der Waals surface area (Å²) >= 11 is 0. The van der Waals surface area contributed by atoms with Crippen LogP contribution >= 0.6 is 0 Å². The second kappa shape index (κ2) is 11.1. The number of nitrogens with zero attached hydrogens (tertiary/aromatic N) is 2. The lowest BCUT2D eigenvalue weighted by Crippen LogP contribution is -2.45. The van der Waals surface area contributed by atoms with E-state index in [9.17, 15) is 4.79 Å². The average molecular weight is 430 g/mol. The van der Waals surface area contributed by atoms with E-state index < -0.39 is 0 Å². The largest absolute Gasteiger partial charge is 0.497 e. The molecule has 0 bridgehead atoms. The molecule has 1 aromatic heterocycles. The van der Waals surface area contributed by atoms with Gasteiger partial charge in [0.2, 0.25) is 5.91 Å². The zero-order valence-corrected chi connectivity index (χ0v) is 18.3. The molecule has 2 heterocycles. The van der Waals surface area contributed by atoms with Crippen LogP contribution in [0.1, 0.15) is 19.1 Å². The number of rotatable bonds is 9. The highest BCUT2D eigenvalue weighted by Crippen LogP contribution is 2.30. The van der Waals surface area contributed by atoms with Gasteiger partial charge in [-0.25, -0.2) is 4.99 Å². The number of carbonyl (C=O) groups is 1. The molecule has 1 atom stereocenters. The molecule has 9 heteroatoms. The van der Waals surface area contributed by atoms with Crippen LogP contribution < -0.4 is 30.3 Å². The Labute approximate surface area is 182 Å². The molecule has 0 spiro atoms. The maximum absolute atomic E-state index is 12.1. The fourth-order valence-corrected chi connectivity index (χ4v) is 3.41. The Morgan fingerprint density at radius 3 is 2.65 bits per heavy atom. The van der Waals surface area contributed by atoms with E-state index in [0.717, 1.165) is 36.7 Å². The van der Waals surface area contributed by atoms with Gasteiger partial charge in [-0.15, -0.1) is 0 Å². The van der Waals surface area contributed by atoms with Crippen molar-refractivity contribution in [3.63, 3.8) is 0 Å². The number of anilines is 1. The number of hydrogen-bond donors (Lipinski definition) is 3. The van der Waals surface area contributed by atoms with Crippen molar-refractivity contribution >= 4 is 17.6 Å². The Kier molecular flexibility index (Phi) is 8.03. The van der Waals surface area contributed by atoms with Crippen molar-refractivity contribution in [1.82, 2.24) is 16.0 Å². The molecule has 31 heavy (non-hydrogen) atoms. The summed E-state index contributed by atoms with van der Waals surface area (Å²) in [6.07, 6.45) is 2.54. The zero-order chi connectivity index (χ0) is 22.1. The van der Waals surface area contributed by atoms with Crippen LogP contribution in [0.25, 0.3) is 0 Å². The van der Waals surface area contributed by atoms with E-state index in [2.05, 4.69) is 25.8 Å². The van der Waals surface area contributed by atoms with Gasteiger partial charge in [0.1, 0.15) is 23.8 Å². The third-order valence-electron chi connectivity index (χ3n) is 5.00. The van der Waals surface area contributed by atoms with Crippen LogP contribution in [0.15, 0.2) is 46.0 Å². The summed E-state index contributed by atoms with van der Waals surface area (Å²) in [5.74, 6) is 2.71. The van der Waals surface area contributed by atoms with Gasteiger partial charge in [-0.3, -0.25) is 4.79 Å². The summed E-state index contributed by atoms with van der Waals surface area (Å²) in [7, 11) is 3.30. The lowest BCUT2D eigenvalue weighted by molar-refractivity contribution is -0.119. The number of benzene rings is 1. The number of amides is 1. The highest BCUT2D eigenvalue weighted by molar-refractivity contribution is 5.85. The third-order valence-corrected chi connectivity index (χ3v) is 5.00. The SMILES string of the molecule is CCNC(=NCC(=O)NCc1ccco1)NC1CCN(c2cc(OC)cc(OC)c2)C1. The van der Waals surface area contributed by atoms with Crippen molar-refractivity contribution in [2.75, 3.05) is 45.3 Å². The number of nitrogens with one attached hydrogen (secondary N) is 3. The minimum Gasteiger partial charge on any atom is -0.497 e. The summed E-state index contributed by atoms with van der Waals surface area (Å²) < 4.78 is 16.0. The van der Waals surface area contributed by atoms with Gasteiger partial charge in [0, 0.05) is 49.6 Å². The smallest absolute Gasteiger partial charge is 0.242 e. The van der Waals surface area contributed by atoms with Crippen LogP contribution in [-0.4, -0.2) is 58.3 Å². The van der Waals surface area contributed by atoms with Crippen molar-refractivity contribution in [1.29, 1.82) is 0 Å². The molecule has 1 aliphatic rings. The van der Waals surface area contributed by atoms with Crippen LogP contribution in [-0.2, 0) is 11.3 Å². The molecular weight excluding hydrogens is 398 g/mol. The number of carbonyl (C=O) groups excluding carboxylic acids is 1. The molecule has 1 amide bonds. The summed E-state index contributed by atoms with van der Waals surface area (Å²) in [6, 6.07) is 9.70. The van der Waals surface area contributed by atoms with Crippen LogP contribution in [0.2, 0.25) is 0 Å². The Morgan fingerprint density at radius 2 is 2.00 bits per heavy atom. The van der Waals surface area contributed by atoms with E-state index in [1.807, 2.05) is 31.2 Å². The molecule has 168 valence electrons. The Morgan fingerprint density at radius 1 is 1.23 bits per heavy atom. The van der Waals surface area contributed by atoms with Crippen molar-refractivity contribution in [3.8, 4) is 11.5 Å². The third kappa shape index (κ3) is 6.56. The molecule has 3 rings (SSSR count). The predicted molar refractivity (Wildman–Crippen MR) is 120 cm³/mol. The first-order valence-corrected chi connectivity index (χ1v) is 10.4. The van der Waals surface area contributed by atoms with E-state index in [-0.39, 0.29) is 18.5 Å². The van der Waals surface area contributed by atoms with Crippen LogP contribution in [0.4, 0.5) is 5.69 Å². The average Bonchev–Trinajstić information content (AvgIpc) is 3.48. The number of hydrogen-bond acceptors (Lipinski definition) is 6. The molecule has 0 saturated carbocycles. The molecule has 1 unspecified atom stereocenters. The van der Waals surface area contributed by atoms with Crippen molar-refractivity contribution < 1.29 is 18.7 Å². The Balaban J connectivity index is 1.54. The van der Waals surface area contributed by atoms with Gasteiger partial charge in [-0.1, -0.05) is 0 Å². The second-order valence-electron chi connectivity index (χ2n) is 7.20. The predicted octanol–water partition coefficient (Wildman–Crippen LogP) is 1.75. The first-order chi connectivity index (χ1) is 15.1. The Bertz CT molecular complexity index is 847. The van der Waals surface area contributed by atoms with Crippen LogP contribution in [0.3, 0.4) is 0 Å². The summed E-state index contributed by atoms with van der Waals surface area (Å²) in [5.41, 5.74) is 1.06. The second-order valence-corrected chi connectivity index (χ2v) is 7.20. The number of aliphatic imine (C=N–C) groups is 1. The van der Waals surface area contributed by atoms with Gasteiger partial charge in [-0.2, -0.15) is 0 Å². The van der Waals surface area contributed by atoms with E-state index in [1.165, 1.54) is 0 Å². The lowest BCUT2D eigenvalue weighted by atomic mass is 10.2. The summed E-state index contributed by atoms with van der Waals surface area (Å²) in [6.45, 7) is 4.82. The minimum absolute atomic E-state index is 0.0412. The number of furan rings is 1. The molecule has 1 saturated heterocycles. The van der Waals surface area contributed by atoms with Crippen molar-refractivity contribution in [3.05, 3.63) is 42.4 Å². The number of guanidine groups is 1. The molecule has 1 fully saturated rings. The van der Waals surface area contributed by atoms with E-state index in [1.54, 1.807) is 26.5 Å². The first-order valence-electron chi connectivity index (χ1n) is 10.4. The lowest BCUT2D eigenvalue weighted by Gasteiger charge is -2.21. The van der Waals surface area contributed by atoms with Crippen molar-refractivity contribution in [2.24, 2.45) is 4.99 Å². The van der Waals surface area contributed by atoms with Gasteiger partial charge in [0.25, 0.3) is 0 Å². The fourth-order valence-electron chi connectivity index (χ4n) is 3.41. The normalized spacial score (nSPS) is 16.2. The Hall–Kier alpha value is -3.36. The van der Waals surface area contributed by atoms with Crippen LogP contribution in [0.5, 0.6) is 11.5 Å². The molecule has 0 aliphatic carbocycles. The maximum atomic E-state index is 12.1. The highest BCUT2D eigenvalue weighted by atomic mass is 16.5. The minimum atomic E-state index is -0.162. The van der Waals surface area contributed by atoms with Gasteiger partial charge in [0.15, 0.2) is 5.96 Å². The highest BCUT2D eigenvalue weighted by Gasteiger charge is 2.24.